The molecule has 1 heterocycles. The van der Waals surface area contributed by atoms with Crippen molar-refractivity contribution in [2.45, 2.75) is 0 Å². The largest absolute Gasteiger partial charge is 0.455 e. The van der Waals surface area contributed by atoms with Crippen LogP contribution < -0.4 is 0 Å². The van der Waals surface area contributed by atoms with Gasteiger partial charge >= 0.3 is 0 Å². The Morgan fingerprint density at radius 1 is 0.362 bits per heavy atom. The van der Waals surface area contributed by atoms with Gasteiger partial charge in [-0.15, -0.1) is 0 Å². The van der Waals surface area contributed by atoms with Crippen molar-refractivity contribution in [2.75, 3.05) is 0 Å². The van der Waals surface area contributed by atoms with Crippen molar-refractivity contribution in [1.82, 2.24) is 0 Å². The standard InChI is InChI=1S/C46H30O/c1-4-16-31(17-5-1)34-22-14-23-35(30-34)45-44(41-29-15-28-36(46(41)47-45)32-18-6-2-7-19-32)43-39-26-12-10-24-37(39)42(33-20-8-3-9-21-33)38-25-11-13-27-40(38)43/h1-30H/i3D,8D,9D,10D,11D,12D,13D,20D,21D,24D,25D,26D,27D. The highest BCUT2D eigenvalue weighted by atomic mass is 16.3. The minimum Gasteiger partial charge on any atom is -0.455 e. The first-order valence-corrected chi connectivity index (χ1v) is 15.0. The van der Waals surface area contributed by atoms with E-state index in [2.05, 4.69) is 0 Å². The predicted octanol–water partition coefficient (Wildman–Crippen LogP) is 13.1. The van der Waals surface area contributed by atoms with E-state index in [0.717, 1.165) is 16.7 Å². The van der Waals surface area contributed by atoms with Gasteiger partial charge in [0.15, 0.2) is 0 Å². The molecule has 8 aromatic carbocycles. The van der Waals surface area contributed by atoms with E-state index < -0.39 is 84.1 Å². The topological polar surface area (TPSA) is 13.1 Å². The third kappa shape index (κ3) is 4.56. The molecule has 9 rings (SSSR count). The zero-order chi connectivity index (χ0) is 42.5. The third-order valence-corrected chi connectivity index (χ3v) is 8.41. The summed E-state index contributed by atoms with van der Waals surface area (Å²) in [4.78, 5) is 0. The van der Waals surface area contributed by atoms with Gasteiger partial charge in [0.05, 0.1) is 17.8 Å². The zero-order valence-corrected chi connectivity index (χ0v) is 24.7. The molecule has 1 heteroatoms. The van der Waals surface area contributed by atoms with E-state index in [1.165, 1.54) is 0 Å². The van der Waals surface area contributed by atoms with Gasteiger partial charge in [-0.3, -0.25) is 0 Å². The second-order valence-corrected chi connectivity index (χ2v) is 11.1. The van der Waals surface area contributed by atoms with E-state index in [4.69, 9.17) is 16.8 Å². The van der Waals surface area contributed by atoms with Crippen LogP contribution in [0, 0.1) is 0 Å². The molecule has 9 aromatic rings. The van der Waals surface area contributed by atoms with Crippen LogP contribution in [0.3, 0.4) is 0 Å². The first-order chi connectivity index (χ1) is 28.7. The molecule has 220 valence electrons. The van der Waals surface area contributed by atoms with Gasteiger partial charge in [0.25, 0.3) is 0 Å². The molecule has 0 unspecified atom stereocenters. The van der Waals surface area contributed by atoms with Crippen LogP contribution in [0.1, 0.15) is 17.8 Å². The SMILES string of the molecule is [2H]c1c([2H])c([2H])c(-c2c3c([2H])c([2H])c([2H])c([2H])c3c(-c3c(-c4cccc(-c5ccccc5)c4)oc4c(-c5ccccc5)cccc34)c3c([2H])c([2H])c([2H])c([2H])c23)c([2H])c1[2H]. The van der Waals surface area contributed by atoms with Crippen LogP contribution >= 0.6 is 0 Å². The van der Waals surface area contributed by atoms with Gasteiger partial charge in [-0.2, -0.15) is 0 Å². The third-order valence-electron chi connectivity index (χ3n) is 8.41. The van der Waals surface area contributed by atoms with Crippen LogP contribution in [0.4, 0.5) is 0 Å². The second-order valence-electron chi connectivity index (χ2n) is 11.1. The maximum Gasteiger partial charge on any atom is 0.143 e. The van der Waals surface area contributed by atoms with E-state index in [0.29, 0.717) is 22.1 Å². The summed E-state index contributed by atoms with van der Waals surface area (Å²) in [6, 6.07) is 23.5. The van der Waals surface area contributed by atoms with Crippen LogP contribution in [-0.4, -0.2) is 0 Å². The van der Waals surface area contributed by atoms with Crippen molar-refractivity contribution < 1.29 is 22.2 Å². The van der Waals surface area contributed by atoms with Crippen LogP contribution in [0.2, 0.25) is 0 Å². The first-order valence-electron chi connectivity index (χ1n) is 21.5. The molecule has 0 aliphatic heterocycles. The van der Waals surface area contributed by atoms with Gasteiger partial charge in [0.2, 0.25) is 0 Å². The van der Waals surface area contributed by atoms with Crippen molar-refractivity contribution in [1.29, 1.82) is 0 Å². The molecule has 0 amide bonds. The first kappa shape index (κ1) is 16.9. The molecule has 47 heavy (non-hydrogen) atoms. The van der Waals surface area contributed by atoms with Gasteiger partial charge < -0.3 is 4.42 Å². The minimum absolute atomic E-state index is 0.000748. The fourth-order valence-electron chi connectivity index (χ4n) is 6.39. The number of benzene rings is 8. The summed E-state index contributed by atoms with van der Waals surface area (Å²) in [5, 5.41) is -0.481. The lowest BCUT2D eigenvalue weighted by atomic mass is 9.84. The van der Waals surface area contributed by atoms with E-state index in [1.807, 2.05) is 97.1 Å². The van der Waals surface area contributed by atoms with Gasteiger partial charge in [-0.25, -0.2) is 0 Å². The van der Waals surface area contributed by atoms with Crippen molar-refractivity contribution >= 4 is 32.5 Å². The number of hydrogen-bond donors (Lipinski definition) is 0. The molecule has 0 spiro atoms. The summed E-state index contributed by atoms with van der Waals surface area (Å²) >= 11 is 0. The average molecular weight is 612 g/mol. The number of rotatable bonds is 5. The molecule has 1 nitrogen and oxygen atoms in total. The smallest absolute Gasteiger partial charge is 0.143 e. The predicted molar refractivity (Wildman–Crippen MR) is 198 cm³/mol. The zero-order valence-electron chi connectivity index (χ0n) is 37.7. The lowest BCUT2D eigenvalue weighted by Crippen LogP contribution is -1.91. The molecule has 0 radical (unpaired) electrons. The van der Waals surface area contributed by atoms with E-state index in [9.17, 15) is 5.48 Å². The number of para-hydroxylation sites is 1. The molecule has 0 bridgehead atoms. The summed E-state index contributed by atoms with van der Waals surface area (Å²) in [7, 11) is 0. The molecule has 1 aromatic heterocycles. The van der Waals surface area contributed by atoms with E-state index >= 15 is 0 Å². The van der Waals surface area contributed by atoms with Gasteiger partial charge in [0.1, 0.15) is 11.3 Å². The molecule has 0 aliphatic rings. The fourth-order valence-corrected chi connectivity index (χ4v) is 6.39. The number of furan rings is 1. The van der Waals surface area contributed by atoms with Gasteiger partial charge in [0, 0.05) is 27.6 Å². The summed E-state index contributed by atoms with van der Waals surface area (Å²) < 4.78 is 124. The summed E-state index contributed by atoms with van der Waals surface area (Å²) in [5.74, 6) is 0.240. The summed E-state index contributed by atoms with van der Waals surface area (Å²) in [5.41, 5.74) is 3.64. The molecule has 0 N–H and O–H groups in total. The fraction of sp³-hybridized carbons (Fsp3) is 0. The number of fused-ring (bicyclic) bond motifs is 3. The number of hydrogen-bond acceptors (Lipinski definition) is 1. The maximum atomic E-state index is 9.54. The molecular formula is C46H30O. The minimum atomic E-state index is -0.729. The molecule has 0 aliphatic carbocycles. The Labute approximate surface area is 292 Å². The summed E-state index contributed by atoms with van der Waals surface area (Å²) in [6.45, 7) is 0. The quantitative estimate of drug-likeness (QED) is 0.176. The van der Waals surface area contributed by atoms with E-state index in [1.54, 1.807) is 6.07 Å². The Hall–Kier alpha value is -6.18. The molecule has 0 saturated carbocycles. The molecule has 0 fully saturated rings. The van der Waals surface area contributed by atoms with Crippen molar-refractivity contribution in [3.63, 3.8) is 0 Å². The van der Waals surface area contributed by atoms with Crippen molar-refractivity contribution in [3.8, 4) is 55.8 Å². The lowest BCUT2D eigenvalue weighted by Gasteiger charge is -2.18. The normalized spacial score (nSPS) is 15.3. The Morgan fingerprint density at radius 3 is 1.55 bits per heavy atom. The Balaban J connectivity index is 1.59. The maximum absolute atomic E-state index is 9.54. The van der Waals surface area contributed by atoms with Gasteiger partial charge in [-0.05, 0) is 55.4 Å². The highest BCUT2D eigenvalue weighted by Gasteiger charge is 2.25. The second kappa shape index (κ2) is 11.3. The van der Waals surface area contributed by atoms with Crippen LogP contribution in [0.25, 0.3) is 88.3 Å². The van der Waals surface area contributed by atoms with E-state index in [-0.39, 0.29) is 44.0 Å². The highest BCUT2D eigenvalue weighted by Crippen LogP contribution is 2.50. The van der Waals surface area contributed by atoms with Crippen molar-refractivity contribution in [2.24, 2.45) is 0 Å². The Morgan fingerprint density at radius 2 is 0.894 bits per heavy atom. The molecular weight excluding hydrogens is 569 g/mol. The van der Waals surface area contributed by atoms with Crippen LogP contribution in [0.15, 0.2) is 186 Å². The Bertz CT molecular complexity index is 3180. The summed E-state index contributed by atoms with van der Waals surface area (Å²) in [6.07, 6.45) is 0. The van der Waals surface area contributed by atoms with Crippen LogP contribution in [-0.2, 0) is 0 Å². The highest BCUT2D eigenvalue weighted by molar-refractivity contribution is 6.25. The average Bonchev–Trinajstić information content (AvgIpc) is 3.67. The monoisotopic (exact) mass is 611 g/mol. The molecule has 0 saturated heterocycles. The van der Waals surface area contributed by atoms with Gasteiger partial charge in [-0.1, -0.05) is 176 Å². The Kier molecular flexibility index (Phi) is 4.08. The lowest BCUT2D eigenvalue weighted by molar-refractivity contribution is 0.633. The van der Waals surface area contributed by atoms with Crippen LogP contribution in [0.5, 0.6) is 0 Å². The van der Waals surface area contributed by atoms with Crippen molar-refractivity contribution in [3.05, 3.63) is 182 Å². The molecule has 0 atom stereocenters.